The highest BCUT2D eigenvalue weighted by Gasteiger charge is 2.38. The molecule has 3 aromatic rings. The number of carbonyl (C=O) groups is 4. The summed E-state index contributed by atoms with van der Waals surface area (Å²) in [6.45, 7) is -0.503. The van der Waals surface area contributed by atoms with Crippen molar-refractivity contribution in [3.8, 4) is 0 Å². The van der Waals surface area contributed by atoms with Crippen molar-refractivity contribution in [3.63, 3.8) is 0 Å². The van der Waals surface area contributed by atoms with E-state index in [1.54, 1.807) is 24.3 Å². The summed E-state index contributed by atoms with van der Waals surface area (Å²) in [7, 11) is 0. The second kappa shape index (κ2) is 8.45. The molecule has 2 amide bonds. The summed E-state index contributed by atoms with van der Waals surface area (Å²) in [5.41, 5.74) is 6.65. The molecular weight excluding hydrogens is 455 g/mol. The molecule has 1 aliphatic rings. The molecule has 9 heteroatoms. The minimum absolute atomic E-state index is 0.0163. The number of halogens is 2. The molecule has 0 saturated heterocycles. The maximum atomic E-state index is 12.9. The van der Waals surface area contributed by atoms with Crippen molar-refractivity contribution in [1.82, 2.24) is 0 Å². The molecule has 4 rings (SSSR count). The number of fused-ring (bicyclic) bond motifs is 1. The number of nitrogens with zero attached hydrogens (tertiary/aromatic N) is 1. The van der Waals surface area contributed by atoms with Gasteiger partial charge in [-0.25, -0.2) is 9.69 Å². The number of imide groups is 1. The third-order valence-corrected chi connectivity index (χ3v) is 5.65. The highest BCUT2D eigenvalue weighted by molar-refractivity contribution is 6.46. The van der Waals surface area contributed by atoms with E-state index in [1.807, 2.05) is 0 Å². The Morgan fingerprint density at radius 3 is 2.34 bits per heavy atom. The van der Waals surface area contributed by atoms with Crippen molar-refractivity contribution >= 4 is 58.1 Å². The molecule has 0 aliphatic carbocycles. The Bertz CT molecular complexity index is 1310. The van der Waals surface area contributed by atoms with E-state index in [1.165, 1.54) is 36.4 Å². The normalized spacial score (nSPS) is 12.6. The molecule has 0 unspecified atom stereocenters. The van der Waals surface area contributed by atoms with E-state index in [0.29, 0.717) is 11.3 Å². The largest absolute Gasteiger partial charge is 0.454 e. The van der Waals surface area contributed by atoms with Gasteiger partial charge < -0.3 is 10.5 Å². The van der Waals surface area contributed by atoms with Crippen LogP contribution in [0.2, 0.25) is 10.0 Å². The van der Waals surface area contributed by atoms with Crippen molar-refractivity contribution in [2.24, 2.45) is 0 Å². The number of hydrogen-bond acceptors (Lipinski definition) is 6. The van der Waals surface area contributed by atoms with Gasteiger partial charge in [-0.3, -0.25) is 14.4 Å². The van der Waals surface area contributed by atoms with Gasteiger partial charge in [-0.15, -0.1) is 0 Å². The quantitative estimate of drug-likeness (QED) is 0.257. The van der Waals surface area contributed by atoms with Crippen LogP contribution in [-0.4, -0.2) is 30.2 Å². The lowest BCUT2D eigenvalue weighted by molar-refractivity contribution is 0.0474. The Hall–Kier alpha value is -3.68. The van der Waals surface area contributed by atoms with E-state index < -0.39 is 30.2 Å². The van der Waals surface area contributed by atoms with Gasteiger partial charge in [-0.2, -0.15) is 0 Å². The highest BCUT2D eigenvalue weighted by Crippen LogP contribution is 2.37. The van der Waals surface area contributed by atoms with Gasteiger partial charge in [0.05, 0.1) is 32.4 Å². The molecule has 0 atom stereocenters. The van der Waals surface area contributed by atoms with Crippen LogP contribution >= 0.6 is 23.2 Å². The molecule has 0 aromatic heterocycles. The predicted octanol–water partition coefficient (Wildman–Crippen LogP) is 4.42. The second-order valence-electron chi connectivity index (χ2n) is 6.90. The number of ketones is 1. The predicted molar refractivity (Wildman–Crippen MR) is 120 cm³/mol. The number of benzene rings is 3. The monoisotopic (exact) mass is 468 g/mol. The molecule has 0 saturated carbocycles. The second-order valence-corrected chi connectivity index (χ2v) is 7.69. The van der Waals surface area contributed by atoms with Crippen molar-refractivity contribution < 1.29 is 23.9 Å². The topological polar surface area (TPSA) is 107 Å². The van der Waals surface area contributed by atoms with Gasteiger partial charge in [0.25, 0.3) is 11.8 Å². The van der Waals surface area contributed by atoms with Crippen LogP contribution in [0.25, 0.3) is 0 Å². The summed E-state index contributed by atoms with van der Waals surface area (Å²) in [4.78, 5) is 51.2. The number of hydrogen-bond donors (Lipinski definition) is 1. The van der Waals surface area contributed by atoms with Gasteiger partial charge in [-0.05, 0) is 42.5 Å². The molecule has 1 heterocycles. The molecule has 1 aliphatic heterocycles. The van der Waals surface area contributed by atoms with Crippen molar-refractivity contribution in [2.75, 3.05) is 17.2 Å². The molecule has 7 nitrogen and oxygen atoms in total. The fourth-order valence-corrected chi connectivity index (χ4v) is 3.64. The minimum Gasteiger partial charge on any atom is -0.454 e. The fourth-order valence-electron chi connectivity index (χ4n) is 3.26. The zero-order valence-corrected chi connectivity index (χ0v) is 17.8. The number of nitrogen functional groups attached to an aromatic ring is 1. The van der Waals surface area contributed by atoms with Gasteiger partial charge in [-0.1, -0.05) is 41.4 Å². The van der Waals surface area contributed by atoms with E-state index in [0.717, 1.165) is 4.90 Å². The van der Waals surface area contributed by atoms with Crippen molar-refractivity contribution in [2.45, 2.75) is 0 Å². The summed E-state index contributed by atoms with van der Waals surface area (Å²) < 4.78 is 5.07. The van der Waals surface area contributed by atoms with Crippen LogP contribution in [0.1, 0.15) is 41.4 Å². The van der Waals surface area contributed by atoms with Gasteiger partial charge >= 0.3 is 5.97 Å². The average molecular weight is 469 g/mol. The first kappa shape index (κ1) is 21.5. The van der Waals surface area contributed by atoms with Crippen LogP contribution in [0.4, 0.5) is 11.4 Å². The first-order valence-corrected chi connectivity index (χ1v) is 10.1. The third kappa shape index (κ3) is 3.84. The number of nitrogens with two attached hydrogens (primary N) is 1. The fraction of sp³-hybridized carbons (Fsp3) is 0.0435. The first-order valence-electron chi connectivity index (χ1n) is 9.30. The lowest BCUT2D eigenvalue weighted by Crippen LogP contribution is -2.29. The zero-order valence-electron chi connectivity index (χ0n) is 16.3. The number of carbonyl (C=O) groups excluding carboxylic acids is 4. The van der Waals surface area contributed by atoms with Crippen molar-refractivity contribution in [3.05, 3.63) is 93.0 Å². The number of Topliss-reactive ketones (excluding diaryl/α,β-unsaturated/α-hetero) is 1. The molecule has 0 bridgehead atoms. The lowest BCUT2D eigenvalue weighted by Gasteiger charge is -2.15. The van der Waals surface area contributed by atoms with Crippen LogP contribution < -0.4 is 10.6 Å². The van der Waals surface area contributed by atoms with Crippen LogP contribution in [0, 0.1) is 0 Å². The maximum absolute atomic E-state index is 12.9. The Balaban J connectivity index is 1.54. The summed E-state index contributed by atoms with van der Waals surface area (Å²) in [6, 6.07) is 14.8. The number of amides is 2. The molecule has 0 radical (unpaired) electrons. The summed E-state index contributed by atoms with van der Waals surface area (Å²) in [6.07, 6.45) is 0. The summed E-state index contributed by atoms with van der Waals surface area (Å²) in [5, 5.41) is 0.248. The van der Waals surface area contributed by atoms with Gasteiger partial charge in [0.2, 0.25) is 0 Å². The number of anilines is 2. The molecule has 0 spiro atoms. The zero-order chi connectivity index (χ0) is 23.0. The number of esters is 1. The van der Waals surface area contributed by atoms with Crippen LogP contribution in [0.3, 0.4) is 0 Å². The van der Waals surface area contributed by atoms with Gasteiger partial charge in [0.1, 0.15) is 0 Å². The molecule has 160 valence electrons. The molecule has 2 N–H and O–H groups in total. The van der Waals surface area contributed by atoms with E-state index in [-0.39, 0.29) is 32.4 Å². The molecule has 32 heavy (non-hydrogen) atoms. The smallest absolute Gasteiger partial charge is 0.338 e. The van der Waals surface area contributed by atoms with E-state index in [4.69, 9.17) is 33.7 Å². The van der Waals surface area contributed by atoms with Crippen LogP contribution in [0.15, 0.2) is 60.7 Å². The van der Waals surface area contributed by atoms with Gasteiger partial charge in [0.15, 0.2) is 12.4 Å². The van der Waals surface area contributed by atoms with E-state index >= 15 is 0 Å². The first-order chi connectivity index (χ1) is 15.3. The Morgan fingerprint density at radius 1 is 0.875 bits per heavy atom. The standard InChI is InChI=1S/C23H14Cl2N2O5/c24-17-5-2-6-18(20(17)25)27-21(29)15-8-7-13(10-16(15)22(27)30)23(31)32-11-19(28)12-3-1-4-14(26)9-12/h1-10H,11,26H2. The van der Waals surface area contributed by atoms with E-state index in [2.05, 4.69) is 0 Å². The number of ether oxygens (including phenoxy) is 1. The third-order valence-electron chi connectivity index (χ3n) is 4.84. The van der Waals surface area contributed by atoms with Crippen LogP contribution in [0.5, 0.6) is 0 Å². The Morgan fingerprint density at radius 2 is 1.59 bits per heavy atom. The molecule has 3 aromatic carbocycles. The van der Waals surface area contributed by atoms with Crippen LogP contribution in [-0.2, 0) is 4.74 Å². The van der Waals surface area contributed by atoms with E-state index in [9.17, 15) is 19.2 Å². The van der Waals surface area contributed by atoms with Gasteiger partial charge in [0, 0.05) is 11.3 Å². The average Bonchev–Trinajstić information content (AvgIpc) is 3.03. The SMILES string of the molecule is Nc1cccc(C(=O)COC(=O)c2ccc3c(c2)C(=O)N(c2cccc(Cl)c2Cl)C3=O)c1. The molecule has 0 fully saturated rings. The number of rotatable bonds is 5. The summed E-state index contributed by atoms with van der Waals surface area (Å²) in [5.74, 6) is -2.49. The maximum Gasteiger partial charge on any atom is 0.338 e. The molecular formula is C23H14Cl2N2O5. The summed E-state index contributed by atoms with van der Waals surface area (Å²) >= 11 is 12.2. The van der Waals surface area contributed by atoms with Crippen molar-refractivity contribution in [1.29, 1.82) is 0 Å². The highest BCUT2D eigenvalue weighted by atomic mass is 35.5. The minimum atomic E-state index is -0.815. The lowest BCUT2D eigenvalue weighted by atomic mass is 10.1. The Labute approximate surface area is 192 Å². The Kier molecular flexibility index (Phi) is 5.69.